The molecule has 4 aromatic heterocycles. The Labute approximate surface area is 455 Å². The van der Waals surface area contributed by atoms with Crippen LogP contribution in [0.2, 0.25) is 5.02 Å². The number of aromatic nitrogens is 6. The number of phenolic OH excluding ortho intramolecular Hbond substituents is 1. The molecule has 5 aliphatic rings. The lowest BCUT2D eigenvalue weighted by molar-refractivity contribution is -0.143. The third kappa shape index (κ3) is 10.2. The van der Waals surface area contributed by atoms with Gasteiger partial charge in [-0.05, 0) is 129 Å². The van der Waals surface area contributed by atoms with Gasteiger partial charge >= 0.3 is 0 Å². The van der Waals surface area contributed by atoms with Crippen molar-refractivity contribution in [2.75, 3.05) is 42.5 Å². The number of aromatic hydroxyl groups is 1. The normalized spacial score (nSPS) is 23.3. The summed E-state index contributed by atoms with van der Waals surface area (Å²) in [5.74, 6) is -0.620. The molecule has 18 nitrogen and oxygen atoms in total. The van der Waals surface area contributed by atoms with Crippen LogP contribution < -0.4 is 24.9 Å². The van der Waals surface area contributed by atoms with Crippen molar-refractivity contribution in [1.29, 1.82) is 0 Å². The first-order chi connectivity index (χ1) is 37.9. The fraction of sp³-hybridized carbons (Fsp3) is 0.431. The minimum absolute atomic E-state index is 0.0128. The lowest BCUT2D eigenvalue weighted by atomic mass is 9.87. The zero-order valence-electron chi connectivity index (χ0n) is 43.5. The number of hydrogen-bond donors (Lipinski definition) is 4. The number of nitrogens with zero attached hydrogens (tertiary/aromatic N) is 9. The summed E-state index contributed by atoms with van der Waals surface area (Å²) in [5.41, 5.74) is 7.81. The number of fused-ring (bicyclic) bond motifs is 3. The van der Waals surface area contributed by atoms with Crippen LogP contribution in [0.1, 0.15) is 94.8 Å². The molecule has 5 atom stereocenters. The average molecular weight is 1080 g/mol. The number of β-amino-alcohol motifs (C(OH)–C–C–N with tert-alkyl or cyclic N) is 1. The molecule has 5 fully saturated rings. The summed E-state index contributed by atoms with van der Waals surface area (Å²) in [6.07, 6.45) is 12.9. The number of aliphatic hydroxyl groups excluding tert-OH is 1. The van der Waals surface area contributed by atoms with Gasteiger partial charge in [0.1, 0.15) is 34.7 Å². The van der Waals surface area contributed by atoms with Crippen LogP contribution in [0.25, 0.3) is 33.4 Å². The highest BCUT2D eigenvalue weighted by atomic mass is 35.5. The number of piperidine rings is 1. The first-order valence-electron chi connectivity index (χ1n) is 27.3. The van der Waals surface area contributed by atoms with E-state index in [-0.39, 0.29) is 65.3 Å². The van der Waals surface area contributed by atoms with Crippen molar-refractivity contribution in [1.82, 2.24) is 45.6 Å². The van der Waals surface area contributed by atoms with Crippen molar-refractivity contribution in [2.45, 2.75) is 120 Å². The molecule has 1 aliphatic carbocycles. The monoisotopic (exact) mass is 1080 g/mol. The predicted octanol–water partition coefficient (Wildman–Crippen LogP) is 8.81. The van der Waals surface area contributed by atoms with E-state index >= 15 is 0 Å². The molecule has 78 heavy (non-hydrogen) atoms. The van der Waals surface area contributed by atoms with Gasteiger partial charge in [0.05, 0.1) is 17.5 Å². The number of para-hydroxylation sites is 1. The number of piperazine rings is 1. The number of ether oxygens (including phenoxy) is 1. The standard InChI is InChI=1S/C58H63ClFN11O7/c1-33(2)51(57(75)70-32-40(72)25-48(70)55(74)66-77-42-17-11-35(12-18-42)43-7-3-5-9-46(43)60)53-52(59)56(67-78-53)76-41-19-15-37(16-20-41)68-23-21-34(22-24-68)36-27-62-58(63-28-36)71-38-13-14-39(71)31-69(30-38)49-29-61-54-45(49)26-47(64-65-54)44-8-4-6-10-50(44)73/h3-12,17-18,26-29,33-34,37-41,48,51,72-73H,13-16,19-25,30-32H2,1-2H3,(H,61,65)(H,66,74)/t37-,38?,39?,40-,41+,48+,51-/m1/s1. The Morgan fingerprint density at radius 3 is 2.26 bits per heavy atom. The van der Waals surface area contributed by atoms with E-state index < -0.39 is 29.9 Å². The minimum atomic E-state index is -1.02. The Morgan fingerprint density at radius 2 is 1.55 bits per heavy atom. The third-order valence-corrected chi connectivity index (χ3v) is 17.1. The molecule has 8 heterocycles. The Kier molecular flexibility index (Phi) is 14.4. The highest BCUT2D eigenvalue weighted by Crippen LogP contribution is 2.42. The van der Waals surface area contributed by atoms with Crippen LogP contribution in [0.5, 0.6) is 17.4 Å². The molecule has 20 heteroatoms. The highest BCUT2D eigenvalue weighted by Gasteiger charge is 2.46. The summed E-state index contributed by atoms with van der Waals surface area (Å²) in [7, 11) is 0. The summed E-state index contributed by atoms with van der Waals surface area (Å²) in [6, 6.07) is 22.2. The van der Waals surface area contributed by atoms with E-state index in [0.29, 0.717) is 40.1 Å². The maximum absolute atomic E-state index is 14.3. The number of aliphatic hydroxyl groups is 1. The molecule has 4 saturated heterocycles. The van der Waals surface area contributed by atoms with E-state index in [4.69, 9.17) is 35.7 Å². The zero-order valence-corrected chi connectivity index (χ0v) is 44.3. The van der Waals surface area contributed by atoms with Crippen molar-refractivity contribution < 1.29 is 38.3 Å². The number of hydroxylamine groups is 1. The molecule has 0 spiro atoms. The van der Waals surface area contributed by atoms with Gasteiger partial charge in [-0.3, -0.25) is 9.59 Å². The van der Waals surface area contributed by atoms with Crippen LogP contribution in [0.15, 0.2) is 102 Å². The van der Waals surface area contributed by atoms with Crippen molar-refractivity contribution >= 4 is 46.1 Å². The lowest BCUT2D eigenvalue weighted by Crippen LogP contribution is -2.54. The van der Waals surface area contributed by atoms with Crippen LogP contribution in [0.3, 0.4) is 0 Å². The summed E-state index contributed by atoms with van der Waals surface area (Å²) in [6.45, 7) is 7.35. The number of rotatable bonds is 14. The Hall–Kier alpha value is -7.35. The van der Waals surface area contributed by atoms with E-state index in [1.165, 1.54) is 16.5 Å². The van der Waals surface area contributed by atoms with Gasteiger partial charge in [-0.25, -0.2) is 14.4 Å². The summed E-state index contributed by atoms with van der Waals surface area (Å²) >= 11 is 6.92. The van der Waals surface area contributed by atoms with Gasteiger partial charge in [0.25, 0.3) is 11.8 Å². The number of aromatic amines is 1. The number of H-pyrrole nitrogens is 1. The molecule has 0 radical (unpaired) electrons. The van der Waals surface area contributed by atoms with E-state index in [1.807, 2.05) is 38.2 Å². The number of halogens is 2. The molecule has 406 valence electrons. The van der Waals surface area contributed by atoms with Crippen molar-refractivity contribution in [3.05, 3.63) is 120 Å². The van der Waals surface area contributed by atoms with E-state index in [1.54, 1.807) is 54.6 Å². The van der Waals surface area contributed by atoms with Gasteiger partial charge in [0.2, 0.25) is 11.9 Å². The van der Waals surface area contributed by atoms with Crippen LogP contribution >= 0.6 is 11.6 Å². The number of hydrogen-bond acceptors (Lipinski definition) is 15. The molecule has 7 aromatic rings. The largest absolute Gasteiger partial charge is 0.507 e. The summed E-state index contributed by atoms with van der Waals surface area (Å²) in [4.78, 5) is 55.5. The predicted molar refractivity (Wildman–Crippen MR) is 291 cm³/mol. The fourth-order valence-electron chi connectivity index (χ4n) is 12.7. The first kappa shape index (κ1) is 51.4. The van der Waals surface area contributed by atoms with Gasteiger partial charge in [-0.1, -0.05) is 67.9 Å². The quantitative estimate of drug-likeness (QED) is 0.0750. The molecule has 3 aromatic carbocycles. The maximum Gasteiger partial charge on any atom is 0.275 e. The topological polar surface area (TPSA) is 211 Å². The van der Waals surface area contributed by atoms with E-state index in [2.05, 4.69) is 52.9 Å². The van der Waals surface area contributed by atoms with Gasteiger partial charge < -0.3 is 48.9 Å². The van der Waals surface area contributed by atoms with E-state index in [9.17, 15) is 24.2 Å². The number of amides is 2. The summed E-state index contributed by atoms with van der Waals surface area (Å²) < 4.78 is 26.5. The van der Waals surface area contributed by atoms with Crippen molar-refractivity contribution in [3.63, 3.8) is 0 Å². The molecular formula is C58H63ClFN11O7. The smallest absolute Gasteiger partial charge is 0.275 e. The molecule has 2 amide bonds. The fourth-order valence-corrected chi connectivity index (χ4v) is 12.9. The number of benzene rings is 3. The summed E-state index contributed by atoms with van der Waals surface area (Å²) in [5, 5.41) is 35.3. The van der Waals surface area contributed by atoms with Crippen molar-refractivity contribution in [3.8, 4) is 39.8 Å². The zero-order chi connectivity index (χ0) is 53.6. The molecule has 4 N–H and O–H groups in total. The SMILES string of the molecule is CC(C)[C@@H](C(=O)N1C[C@H](O)C[C@H]1C(=O)NOc1ccc(-c2ccccc2F)cc1)c1onc(O[C@H]2CC[C@@H](N3CCC(c4cnc(N5C6CCC5CN(c5c[nH]c7nnc(-c8ccccc8O)cc57)C6)nc4)CC3)CC2)c1Cl. The lowest BCUT2D eigenvalue weighted by Gasteiger charge is -2.42. The Bertz CT molecular complexity index is 3260. The molecule has 12 rings (SSSR count). The van der Waals surface area contributed by atoms with Crippen molar-refractivity contribution in [2.24, 2.45) is 5.92 Å². The van der Waals surface area contributed by atoms with Gasteiger partial charge in [0, 0.05) is 79.3 Å². The molecular weight excluding hydrogens is 1020 g/mol. The first-order valence-corrected chi connectivity index (χ1v) is 27.7. The highest BCUT2D eigenvalue weighted by molar-refractivity contribution is 6.32. The Balaban J connectivity index is 0.609. The number of carbonyl (C=O) groups excluding carboxylic acids is 2. The van der Waals surface area contributed by atoms with Crippen LogP contribution in [0.4, 0.5) is 16.0 Å². The molecule has 1 saturated carbocycles. The third-order valence-electron chi connectivity index (χ3n) is 16.8. The average Bonchev–Trinajstić information content (AvgIpc) is 4.25. The van der Waals surface area contributed by atoms with Gasteiger partial charge in [-0.15, -0.1) is 10.2 Å². The van der Waals surface area contributed by atoms with Crippen LogP contribution in [-0.4, -0.2) is 131 Å². The molecule has 4 aliphatic heterocycles. The number of phenols is 1. The van der Waals surface area contributed by atoms with Gasteiger partial charge in [-0.2, -0.15) is 5.48 Å². The second-order valence-electron chi connectivity index (χ2n) is 21.9. The van der Waals surface area contributed by atoms with Crippen LogP contribution in [0, 0.1) is 11.7 Å². The maximum atomic E-state index is 14.3. The molecule has 2 unspecified atom stereocenters. The minimum Gasteiger partial charge on any atom is -0.507 e. The Morgan fingerprint density at radius 1 is 0.859 bits per heavy atom. The van der Waals surface area contributed by atoms with Gasteiger partial charge in [0.15, 0.2) is 17.2 Å². The second kappa shape index (κ2) is 21.8. The number of carbonyl (C=O) groups is 2. The number of anilines is 2. The molecule has 2 bridgehead atoms. The second-order valence-corrected chi connectivity index (χ2v) is 22.3. The van der Waals surface area contributed by atoms with E-state index in [0.717, 1.165) is 100 Å². The number of likely N-dealkylation sites (tertiary alicyclic amines) is 2. The van der Waals surface area contributed by atoms with Crippen LogP contribution in [-0.2, 0) is 9.59 Å². The number of nitrogens with one attached hydrogen (secondary N) is 2.